The number of carbonyl (C=O) groups excluding carboxylic acids is 2. The average Bonchev–Trinajstić information content (AvgIpc) is 2.94. The van der Waals surface area contributed by atoms with Crippen LogP contribution in [0.2, 0.25) is 5.02 Å². The second-order valence-corrected chi connectivity index (χ2v) is 7.13. The van der Waals surface area contributed by atoms with Crippen molar-refractivity contribution in [3.8, 4) is 0 Å². The zero-order valence-electron chi connectivity index (χ0n) is 15.7. The number of carboxylic acids is 1. The Balaban J connectivity index is 2.12. The SMILES string of the molecule is CCC(C)C(NC(=O)C(C)NC(=O)c1cc2cc(Cl)ccc2n1C)C(=O)O. The van der Waals surface area contributed by atoms with Crippen LogP contribution in [0.4, 0.5) is 0 Å². The van der Waals surface area contributed by atoms with Gasteiger partial charge in [0.05, 0.1) is 0 Å². The lowest BCUT2D eigenvalue weighted by Gasteiger charge is -2.22. The molecule has 0 aliphatic heterocycles. The normalized spacial score (nSPS) is 14.4. The van der Waals surface area contributed by atoms with Crippen LogP contribution in [0.3, 0.4) is 0 Å². The molecule has 0 spiro atoms. The first-order valence-corrected chi connectivity index (χ1v) is 9.12. The molecule has 2 amide bonds. The van der Waals surface area contributed by atoms with Crippen LogP contribution >= 0.6 is 11.6 Å². The van der Waals surface area contributed by atoms with Crippen molar-refractivity contribution in [2.75, 3.05) is 0 Å². The van der Waals surface area contributed by atoms with Crippen LogP contribution in [0.25, 0.3) is 10.9 Å². The minimum Gasteiger partial charge on any atom is -0.480 e. The lowest BCUT2D eigenvalue weighted by atomic mass is 9.99. The molecule has 0 saturated heterocycles. The number of amides is 2. The smallest absolute Gasteiger partial charge is 0.326 e. The number of aliphatic carboxylic acids is 1. The molecule has 0 fully saturated rings. The molecule has 3 unspecified atom stereocenters. The van der Waals surface area contributed by atoms with Gasteiger partial charge in [0, 0.05) is 23.0 Å². The summed E-state index contributed by atoms with van der Waals surface area (Å²) in [6, 6.07) is 5.12. The highest BCUT2D eigenvalue weighted by Crippen LogP contribution is 2.22. The van der Waals surface area contributed by atoms with Crippen LogP contribution in [0.5, 0.6) is 0 Å². The second kappa shape index (κ2) is 8.43. The lowest BCUT2D eigenvalue weighted by Crippen LogP contribution is -2.52. The number of hydrogen-bond acceptors (Lipinski definition) is 3. The van der Waals surface area contributed by atoms with Crippen molar-refractivity contribution in [3.63, 3.8) is 0 Å². The van der Waals surface area contributed by atoms with Crippen molar-refractivity contribution in [1.29, 1.82) is 0 Å². The van der Waals surface area contributed by atoms with E-state index in [4.69, 9.17) is 11.6 Å². The molecule has 1 aromatic carbocycles. The fourth-order valence-corrected chi connectivity index (χ4v) is 3.02. The Kier molecular flexibility index (Phi) is 6.49. The van der Waals surface area contributed by atoms with Crippen molar-refractivity contribution in [2.24, 2.45) is 13.0 Å². The molecule has 0 saturated carbocycles. The van der Waals surface area contributed by atoms with E-state index in [9.17, 15) is 19.5 Å². The van der Waals surface area contributed by atoms with E-state index in [-0.39, 0.29) is 5.92 Å². The van der Waals surface area contributed by atoms with Gasteiger partial charge in [-0.05, 0) is 37.1 Å². The Morgan fingerprint density at radius 3 is 2.44 bits per heavy atom. The summed E-state index contributed by atoms with van der Waals surface area (Å²) in [5, 5.41) is 15.8. The highest BCUT2D eigenvalue weighted by molar-refractivity contribution is 6.31. The van der Waals surface area contributed by atoms with Crippen molar-refractivity contribution in [1.82, 2.24) is 15.2 Å². The predicted octanol–water partition coefficient (Wildman–Crippen LogP) is 2.57. The van der Waals surface area contributed by atoms with E-state index < -0.39 is 29.9 Å². The molecule has 8 heteroatoms. The van der Waals surface area contributed by atoms with Gasteiger partial charge in [0.25, 0.3) is 5.91 Å². The zero-order chi connectivity index (χ0) is 20.3. The van der Waals surface area contributed by atoms with E-state index in [1.165, 1.54) is 6.92 Å². The van der Waals surface area contributed by atoms with Crippen molar-refractivity contribution < 1.29 is 19.5 Å². The summed E-state index contributed by atoms with van der Waals surface area (Å²) in [5.74, 6) is -2.29. The van der Waals surface area contributed by atoms with Gasteiger partial charge in [0.15, 0.2) is 0 Å². The number of nitrogens with zero attached hydrogens (tertiary/aromatic N) is 1. The van der Waals surface area contributed by atoms with Gasteiger partial charge in [0.1, 0.15) is 17.8 Å². The van der Waals surface area contributed by atoms with Crippen LogP contribution in [0.15, 0.2) is 24.3 Å². The lowest BCUT2D eigenvalue weighted by molar-refractivity contribution is -0.143. The predicted molar refractivity (Wildman–Crippen MR) is 104 cm³/mol. The van der Waals surface area contributed by atoms with E-state index >= 15 is 0 Å². The van der Waals surface area contributed by atoms with Crippen LogP contribution in [0, 0.1) is 5.92 Å². The van der Waals surface area contributed by atoms with E-state index in [1.807, 2.05) is 13.0 Å². The van der Waals surface area contributed by atoms with Crippen molar-refractivity contribution in [2.45, 2.75) is 39.3 Å². The van der Waals surface area contributed by atoms with Gasteiger partial charge in [0.2, 0.25) is 5.91 Å². The summed E-state index contributed by atoms with van der Waals surface area (Å²) in [4.78, 5) is 36.3. The fourth-order valence-electron chi connectivity index (χ4n) is 2.84. The van der Waals surface area contributed by atoms with Gasteiger partial charge in [-0.15, -0.1) is 0 Å². The van der Waals surface area contributed by atoms with E-state index in [2.05, 4.69) is 10.6 Å². The third-order valence-electron chi connectivity index (χ3n) is 4.75. The number of aromatic nitrogens is 1. The second-order valence-electron chi connectivity index (χ2n) is 6.70. The topological polar surface area (TPSA) is 100 Å². The van der Waals surface area contributed by atoms with Gasteiger partial charge >= 0.3 is 5.97 Å². The van der Waals surface area contributed by atoms with Gasteiger partial charge in [-0.3, -0.25) is 9.59 Å². The molecule has 3 N–H and O–H groups in total. The van der Waals surface area contributed by atoms with E-state index in [0.29, 0.717) is 17.1 Å². The fraction of sp³-hybridized carbons (Fsp3) is 0.421. The van der Waals surface area contributed by atoms with Crippen LogP contribution in [-0.2, 0) is 16.6 Å². The number of nitrogens with one attached hydrogen (secondary N) is 2. The Hall–Kier alpha value is -2.54. The molecule has 0 aliphatic carbocycles. The number of rotatable bonds is 7. The van der Waals surface area contributed by atoms with Crippen molar-refractivity contribution >= 4 is 40.3 Å². The first kappa shape index (κ1) is 20.8. The van der Waals surface area contributed by atoms with Gasteiger partial charge in [-0.1, -0.05) is 31.9 Å². The minimum atomic E-state index is -1.10. The van der Waals surface area contributed by atoms with Gasteiger partial charge < -0.3 is 20.3 Å². The Bertz CT molecular complexity index is 877. The molecule has 27 heavy (non-hydrogen) atoms. The summed E-state index contributed by atoms with van der Waals surface area (Å²) in [6.45, 7) is 5.12. The number of benzene rings is 1. The third kappa shape index (κ3) is 4.60. The maximum absolute atomic E-state index is 12.6. The molecule has 0 bridgehead atoms. The summed E-state index contributed by atoms with van der Waals surface area (Å²) in [6.07, 6.45) is 0.608. The number of aryl methyl sites for hydroxylation is 1. The first-order chi connectivity index (χ1) is 12.6. The average molecular weight is 394 g/mol. The zero-order valence-corrected chi connectivity index (χ0v) is 16.5. The van der Waals surface area contributed by atoms with Crippen LogP contribution in [-0.4, -0.2) is 39.5 Å². The van der Waals surface area contributed by atoms with E-state index in [1.54, 1.807) is 36.7 Å². The summed E-state index contributed by atoms with van der Waals surface area (Å²) in [5.41, 5.74) is 1.22. The summed E-state index contributed by atoms with van der Waals surface area (Å²) < 4.78 is 1.71. The molecule has 7 nitrogen and oxygen atoms in total. The first-order valence-electron chi connectivity index (χ1n) is 8.74. The standard InChI is InChI=1S/C19H24ClN3O4/c1-5-10(2)16(19(26)27)22-17(24)11(3)21-18(25)15-9-12-8-13(20)6-7-14(12)23(15)4/h6-11,16H,5H2,1-4H3,(H,21,25)(H,22,24)(H,26,27). The summed E-state index contributed by atoms with van der Waals surface area (Å²) in [7, 11) is 1.75. The molecule has 1 aromatic heterocycles. The maximum Gasteiger partial charge on any atom is 0.326 e. The van der Waals surface area contributed by atoms with Crippen molar-refractivity contribution in [3.05, 3.63) is 35.0 Å². The highest BCUT2D eigenvalue weighted by Gasteiger charge is 2.28. The highest BCUT2D eigenvalue weighted by atomic mass is 35.5. The molecule has 2 aromatic rings. The molecule has 146 valence electrons. The molecule has 0 aliphatic rings. The van der Waals surface area contributed by atoms with Gasteiger partial charge in [-0.25, -0.2) is 4.79 Å². The molecule has 0 radical (unpaired) electrons. The number of fused-ring (bicyclic) bond motifs is 1. The third-order valence-corrected chi connectivity index (χ3v) is 4.99. The number of carbonyl (C=O) groups is 3. The van der Waals surface area contributed by atoms with Crippen LogP contribution < -0.4 is 10.6 Å². The Morgan fingerprint density at radius 1 is 1.19 bits per heavy atom. The Morgan fingerprint density at radius 2 is 1.85 bits per heavy atom. The number of halogens is 1. The van der Waals surface area contributed by atoms with Crippen LogP contribution in [0.1, 0.15) is 37.7 Å². The number of carboxylic acid groups (broad SMARTS) is 1. The minimum absolute atomic E-state index is 0.225. The monoisotopic (exact) mass is 393 g/mol. The molecular weight excluding hydrogens is 370 g/mol. The molecular formula is C19H24ClN3O4. The Labute approximate surface area is 162 Å². The molecule has 1 heterocycles. The molecule has 2 rings (SSSR count). The maximum atomic E-state index is 12.6. The van der Waals surface area contributed by atoms with Gasteiger partial charge in [-0.2, -0.15) is 0 Å². The number of hydrogen-bond donors (Lipinski definition) is 3. The molecule has 3 atom stereocenters. The summed E-state index contributed by atoms with van der Waals surface area (Å²) >= 11 is 5.99. The largest absolute Gasteiger partial charge is 0.480 e. The quantitative estimate of drug-likeness (QED) is 0.673. The van der Waals surface area contributed by atoms with E-state index in [0.717, 1.165) is 10.9 Å².